The SMILES string of the molecule is O=S(=O)(CCN1CCNCC1)NCCc1ccccc1F. The van der Waals surface area contributed by atoms with Gasteiger partial charge in [-0.2, -0.15) is 0 Å². The van der Waals surface area contributed by atoms with Crippen LogP contribution in [0.25, 0.3) is 0 Å². The van der Waals surface area contributed by atoms with Crippen molar-refractivity contribution >= 4 is 10.0 Å². The van der Waals surface area contributed by atoms with Crippen molar-refractivity contribution in [1.82, 2.24) is 14.9 Å². The highest BCUT2D eigenvalue weighted by molar-refractivity contribution is 7.89. The van der Waals surface area contributed by atoms with Crippen molar-refractivity contribution in [1.29, 1.82) is 0 Å². The van der Waals surface area contributed by atoms with Gasteiger partial charge in [0.15, 0.2) is 0 Å². The number of nitrogens with one attached hydrogen (secondary N) is 2. The van der Waals surface area contributed by atoms with Crippen molar-refractivity contribution in [2.24, 2.45) is 0 Å². The molecule has 1 saturated heterocycles. The van der Waals surface area contributed by atoms with Crippen molar-refractivity contribution in [2.45, 2.75) is 6.42 Å². The van der Waals surface area contributed by atoms with Crippen LogP contribution in [0.4, 0.5) is 4.39 Å². The van der Waals surface area contributed by atoms with E-state index in [9.17, 15) is 12.8 Å². The summed E-state index contributed by atoms with van der Waals surface area (Å²) in [4.78, 5) is 2.13. The Balaban J connectivity index is 1.72. The first kappa shape index (κ1) is 16.4. The lowest BCUT2D eigenvalue weighted by atomic mass is 10.1. The molecule has 5 nitrogen and oxygen atoms in total. The molecule has 0 spiro atoms. The van der Waals surface area contributed by atoms with Crippen LogP contribution < -0.4 is 10.0 Å². The van der Waals surface area contributed by atoms with Crippen LogP contribution in [0.3, 0.4) is 0 Å². The number of piperazine rings is 1. The third kappa shape index (κ3) is 5.70. The van der Waals surface area contributed by atoms with Gasteiger partial charge in [-0.05, 0) is 18.1 Å². The van der Waals surface area contributed by atoms with Gasteiger partial charge in [0.25, 0.3) is 0 Å². The van der Waals surface area contributed by atoms with Gasteiger partial charge in [-0.25, -0.2) is 17.5 Å². The van der Waals surface area contributed by atoms with E-state index in [0.717, 1.165) is 26.2 Å². The predicted octanol–water partition coefficient (Wildman–Crippen LogP) is 0.193. The Morgan fingerprint density at radius 1 is 1.24 bits per heavy atom. The lowest BCUT2D eigenvalue weighted by Crippen LogP contribution is -2.46. The van der Waals surface area contributed by atoms with E-state index in [1.54, 1.807) is 18.2 Å². The van der Waals surface area contributed by atoms with Crippen molar-refractivity contribution in [3.63, 3.8) is 0 Å². The van der Waals surface area contributed by atoms with E-state index in [1.165, 1.54) is 6.07 Å². The van der Waals surface area contributed by atoms with Crippen LogP contribution in [0.1, 0.15) is 5.56 Å². The fourth-order valence-electron chi connectivity index (χ4n) is 2.30. The van der Waals surface area contributed by atoms with Crippen LogP contribution in [-0.4, -0.2) is 58.3 Å². The predicted molar refractivity (Wildman–Crippen MR) is 81.2 cm³/mol. The third-order valence-corrected chi connectivity index (χ3v) is 4.92. The van der Waals surface area contributed by atoms with E-state index in [0.29, 0.717) is 18.5 Å². The molecule has 1 aliphatic rings. The Hall–Kier alpha value is -1.02. The number of hydrogen-bond donors (Lipinski definition) is 2. The Morgan fingerprint density at radius 3 is 2.67 bits per heavy atom. The van der Waals surface area contributed by atoms with Gasteiger partial charge in [-0.1, -0.05) is 18.2 Å². The minimum Gasteiger partial charge on any atom is -0.314 e. The molecule has 0 unspecified atom stereocenters. The van der Waals surface area contributed by atoms with Crippen LogP contribution in [0.2, 0.25) is 0 Å². The summed E-state index contributed by atoms with van der Waals surface area (Å²) >= 11 is 0. The molecule has 7 heteroatoms. The molecule has 0 radical (unpaired) electrons. The molecule has 0 aromatic heterocycles. The molecule has 0 amide bonds. The first-order valence-electron chi connectivity index (χ1n) is 7.21. The van der Waals surface area contributed by atoms with E-state index >= 15 is 0 Å². The number of benzene rings is 1. The van der Waals surface area contributed by atoms with Gasteiger partial charge < -0.3 is 5.32 Å². The van der Waals surface area contributed by atoms with E-state index in [-0.39, 0.29) is 18.1 Å². The average molecular weight is 315 g/mol. The second-order valence-corrected chi connectivity index (χ2v) is 7.07. The Morgan fingerprint density at radius 2 is 1.95 bits per heavy atom. The maximum atomic E-state index is 13.4. The highest BCUT2D eigenvalue weighted by Gasteiger charge is 2.15. The zero-order chi connectivity index (χ0) is 15.1. The van der Waals surface area contributed by atoms with Crippen LogP contribution in [0, 0.1) is 5.82 Å². The Kier molecular flexibility index (Phi) is 6.10. The summed E-state index contributed by atoms with van der Waals surface area (Å²) in [5.41, 5.74) is 0.530. The summed E-state index contributed by atoms with van der Waals surface area (Å²) in [6.07, 6.45) is 0.361. The standard InChI is InChI=1S/C14H22FN3O2S/c15-14-4-2-1-3-13(14)5-6-17-21(19,20)12-11-18-9-7-16-8-10-18/h1-4,16-17H,5-12H2. The molecule has 1 aromatic carbocycles. The quantitative estimate of drug-likeness (QED) is 0.754. The number of hydrogen-bond acceptors (Lipinski definition) is 4. The molecule has 0 saturated carbocycles. The molecule has 0 aliphatic carbocycles. The van der Waals surface area contributed by atoms with Gasteiger partial charge in [0.05, 0.1) is 5.75 Å². The minimum atomic E-state index is -3.30. The Bertz CT molecular complexity index is 545. The number of nitrogens with zero attached hydrogens (tertiary/aromatic N) is 1. The van der Waals surface area contributed by atoms with Crippen molar-refractivity contribution in [2.75, 3.05) is 45.0 Å². The lowest BCUT2D eigenvalue weighted by Gasteiger charge is -2.26. The second kappa shape index (κ2) is 7.84. The molecule has 0 atom stereocenters. The van der Waals surface area contributed by atoms with Crippen molar-refractivity contribution < 1.29 is 12.8 Å². The van der Waals surface area contributed by atoms with Crippen LogP contribution in [0.15, 0.2) is 24.3 Å². The van der Waals surface area contributed by atoms with Crippen LogP contribution in [-0.2, 0) is 16.4 Å². The second-order valence-electron chi connectivity index (χ2n) is 5.15. The zero-order valence-corrected chi connectivity index (χ0v) is 12.8. The molecule has 1 heterocycles. The molecule has 1 fully saturated rings. The van der Waals surface area contributed by atoms with Crippen LogP contribution >= 0.6 is 0 Å². The third-order valence-electron chi connectivity index (χ3n) is 3.56. The van der Waals surface area contributed by atoms with E-state index in [4.69, 9.17) is 0 Å². The van der Waals surface area contributed by atoms with E-state index < -0.39 is 10.0 Å². The summed E-state index contributed by atoms with van der Waals surface area (Å²) in [5, 5.41) is 3.23. The fraction of sp³-hybridized carbons (Fsp3) is 0.571. The lowest BCUT2D eigenvalue weighted by molar-refractivity contribution is 0.253. The molecule has 0 bridgehead atoms. The maximum Gasteiger partial charge on any atom is 0.212 e. The van der Waals surface area contributed by atoms with E-state index in [2.05, 4.69) is 14.9 Å². The van der Waals surface area contributed by atoms with Gasteiger partial charge in [0.1, 0.15) is 5.82 Å². The molecule has 1 aliphatic heterocycles. The van der Waals surface area contributed by atoms with Gasteiger partial charge in [-0.3, -0.25) is 4.90 Å². The highest BCUT2D eigenvalue weighted by atomic mass is 32.2. The van der Waals surface area contributed by atoms with Crippen molar-refractivity contribution in [3.8, 4) is 0 Å². The van der Waals surface area contributed by atoms with Gasteiger partial charge in [0.2, 0.25) is 10.0 Å². The minimum absolute atomic E-state index is 0.0876. The fourth-order valence-corrected chi connectivity index (χ4v) is 3.35. The number of sulfonamides is 1. The number of rotatable bonds is 7. The van der Waals surface area contributed by atoms with Gasteiger partial charge >= 0.3 is 0 Å². The maximum absolute atomic E-state index is 13.4. The first-order chi connectivity index (χ1) is 10.1. The Labute approximate surface area is 125 Å². The van der Waals surface area contributed by atoms with E-state index in [1.807, 2.05) is 0 Å². The molecular formula is C14H22FN3O2S. The molecule has 2 N–H and O–H groups in total. The highest BCUT2D eigenvalue weighted by Crippen LogP contribution is 2.06. The largest absolute Gasteiger partial charge is 0.314 e. The van der Waals surface area contributed by atoms with Gasteiger partial charge in [0, 0.05) is 39.3 Å². The summed E-state index contributed by atoms with van der Waals surface area (Å²) in [7, 11) is -3.30. The summed E-state index contributed by atoms with van der Waals surface area (Å²) in [6, 6.07) is 6.42. The van der Waals surface area contributed by atoms with Crippen molar-refractivity contribution in [3.05, 3.63) is 35.6 Å². The van der Waals surface area contributed by atoms with Gasteiger partial charge in [-0.15, -0.1) is 0 Å². The number of halogens is 1. The average Bonchev–Trinajstić information content (AvgIpc) is 2.48. The molecule has 21 heavy (non-hydrogen) atoms. The molecule has 118 valence electrons. The molecular weight excluding hydrogens is 293 g/mol. The smallest absolute Gasteiger partial charge is 0.212 e. The summed E-state index contributed by atoms with van der Waals surface area (Å²) in [5.74, 6) is -0.206. The molecule has 2 rings (SSSR count). The first-order valence-corrected chi connectivity index (χ1v) is 8.86. The molecule has 1 aromatic rings. The normalized spacial score (nSPS) is 17.0. The summed E-state index contributed by atoms with van der Waals surface area (Å²) < 4.78 is 39.8. The monoisotopic (exact) mass is 315 g/mol. The topological polar surface area (TPSA) is 61.4 Å². The van der Waals surface area contributed by atoms with Crippen LogP contribution in [0.5, 0.6) is 0 Å². The summed E-state index contributed by atoms with van der Waals surface area (Å²) in [6.45, 7) is 4.33. The zero-order valence-electron chi connectivity index (χ0n) is 12.0.